The number of hydrogen-bond acceptors (Lipinski definition) is 5. The van der Waals surface area contributed by atoms with Crippen molar-refractivity contribution in [3.63, 3.8) is 0 Å². The van der Waals surface area contributed by atoms with E-state index in [0.29, 0.717) is 18.5 Å². The number of fused-ring (bicyclic) bond motifs is 3. The molecule has 136 valence electrons. The van der Waals surface area contributed by atoms with Crippen LogP contribution >= 0.6 is 0 Å². The number of nitrogens with one attached hydrogen (secondary N) is 1. The molecule has 1 N–H and O–H groups in total. The summed E-state index contributed by atoms with van der Waals surface area (Å²) in [6.07, 6.45) is 3.61. The number of benzene rings is 1. The van der Waals surface area contributed by atoms with Crippen molar-refractivity contribution >= 4 is 23.5 Å². The van der Waals surface area contributed by atoms with E-state index >= 15 is 0 Å². The molecule has 26 heavy (non-hydrogen) atoms. The van der Waals surface area contributed by atoms with E-state index in [-0.39, 0.29) is 6.03 Å². The maximum Gasteiger partial charge on any atom is 0.324 e. The molecule has 1 atom stereocenters. The highest BCUT2D eigenvalue weighted by Gasteiger charge is 2.33. The molecular formula is C19H24N6O. The Bertz CT molecular complexity index is 808. The van der Waals surface area contributed by atoms with Gasteiger partial charge in [0.15, 0.2) is 0 Å². The van der Waals surface area contributed by atoms with Gasteiger partial charge in [0.1, 0.15) is 5.82 Å². The van der Waals surface area contributed by atoms with Gasteiger partial charge in [0.25, 0.3) is 0 Å². The lowest BCUT2D eigenvalue weighted by Gasteiger charge is -2.27. The third-order valence-corrected chi connectivity index (χ3v) is 5.06. The number of rotatable bonds is 2. The van der Waals surface area contributed by atoms with Crippen molar-refractivity contribution in [1.29, 1.82) is 0 Å². The summed E-state index contributed by atoms with van der Waals surface area (Å²) in [6, 6.07) is 10.6. The van der Waals surface area contributed by atoms with E-state index in [1.165, 1.54) is 11.3 Å². The van der Waals surface area contributed by atoms with Crippen molar-refractivity contribution in [2.24, 2.45) is 0 Å². The van der Waals surface area contributed by atoms with Crippen LogP contribution in [0.15, 0.2) is 36.5 Å². The predicted molar refractivity (Wildman–Crippen MR) is 103 cm³/mol. The zero-order valence-corrected chi connectivity index (χ0v) is 15.2. The van der Waals surface area contributed by atoms with Gasteiger partial charge in [0, 0.05) is 45.6 Å². The average molecular weight is 352 g/mol. The van der Waals surface area contributed by atoms with Crippen LogP contribution in [0.5, 0.6) is 0 Å². The highest BCUT2D eigenvalue weighted by molar-refractivity contribution is 5.87. The Kier molecular flexibility index (Phi) is 4.36. The van der Waals surface area contributed by atoms with Gasteiger partial charge < -0.3 is 14.7 Å². The molecule has 2 aliphatic rings. The summed E-state index contributed by atoms with van der Waals surface area (Å²) in [7, 11) is 3.82. The van der Waals surface area contributed by atoms with Crippen LogP contribution in [0.3, 0.4) is 0 Å². The lowest BCUT2D eigenvalue weighted by atomic mass is 10.1. The van der Waals surface area contributed by atoms with E-state index in [0.717, 1.165) is 31.7 Å². The van der Waals surface area contributed by atoms with Crippen LogP contribution in [0.4, 0.5) is 22.2 Å². The highest BCUT2D eigenvalue weighted by atomic mass is 16.2. The molecule has 2 amide bonds. The molecule has 0 saturated carbocycles. The van der Waals surface area contributed by atoms with Gasteiger partial charge in [-0.05, 0) is 30.5 Å². The largest absolute Gasteiger partial charge is 0.366 e. The molecule has 1 fully saturated rings. The monoisotopic (exact) mass is 352 g/mol. The second-order valence-corrected chi connectivity index (χ2v) is 7.04. The summed E-state index contributed by atoms with van der Waals surface area (Å²) in [5.41, 5.74) is 2.70. The average Bonchev–Trinajstić information content (AvgIpc) is 2.84. The standard InChI is InChI=1S/C19H24N6O/c1-23(2)17-8-9-20-18(21-17)22-19(26)24-10-5-11-25-15(13-24)12-14-6-3-4-7-16(14)25/h3-4,6-9,15H,5,10-13H2,1-2H3,(H,20,21,22,26). The maximum atomic E-state index is 12.8. The number of aromatic nitrogens is 2. The number of anilines is 3. The normalized spacial score (nSPS) is 18.8. The molecular weight excluding hydrogens is 328 g/mol. The van der Waals surface area contributed by atoms with Crippen LogP contribution in [0.1, 0.15) is 12.0 Å². The number of nitrogens with zero attached hydrogens (tertiary/aromatic N) is 5. The van der Waals surface area contributed by atoms with Crippen LogP contribution in [-0.4, -0.2) is 60.7 Å². The van der Waals surface area contributed by atoms with Gasteiger partial charge >= 0.3 is 6.03 Å². The van der Waals surface area contributed by atoms with Crippen LogP contribution < -0.4 is 15.1 Å². The number of para-hydroxylation sites is 1. The van der Waals surface area contributed by atoms with Gasteiger partial charge in [-0.3, -0.25) is 5.32 Å². The number of carbonyl (C=O) groups excluding carboxylic acids is 1. The molecule has 3 heterocycles. The van der Waals surface area contributed by atoms with Crippen molar-refractivity contribution in [3.05, 3.63) is 42.1 Å². The summed E-state index contributed by atoms with van der Waals surface area (Å²) >= 11 is 0. The maximum absolute atomic E-state index is 12.8. The molecule has 1 saturated heterocycles. The Morgan fingerprint density at radius 1 is 1.23 bits per heavy atom. The molecule has 0 aliphatic carbocycles. The Labute approximate surface area is 153 Å². The minimum atomic E-state index is -0.126. The zero-order valence-electron chi connectivity index (χ0n) is 15.2. The Morgan fingerprint density at radius 2 is 2.08 bits per heavy atom. The van der Waals surface area contributed by atoms with Gasteiger partial charge in [0.05, 0.1) is 6.04 Å². The van der Waals surface area contributed by atoms with Gasteiger partial charge in [-0.1, -0.05) is 18.2 Å². The van der Waals surface area contributed by atoms with E-state index < -0.39 is 0 Å². The molecule has 2 aliphatic heterocycles. The van der Waals surface area contributed by atoms with E-state index in [4.69, 9.17) is 0 Å². The third-order valence-electron chi connectivity index (χ3n) is 5.06. The summed E-state index contributed by atoms with van der Waals surface area (Å²) in [5, 5.41) is 2.86. The minimum Gasteiger partial charge on any atom is -0.366 e. The van der Waals surface area contributed by atoms with Crippen molar-refractivity contribution in [2.75, 3.05) is 48.8 Å². The van der Waals surface area contributed by atoms with Crippen LogP contribution in [0.25, 0.3) is 0 Å². The highest BCUT2D eigenvalue weighted by Crippen LogP contribution is 2.33. The first-order chi connectivity index (χ1) is 12.6. The lowest BCUT2D eigenvalue weighted by Crippen LogP contribution is -2.43. The van der Waals surface area contributed by atoms with Crippen molar-refractivity contribution in [1.82, 2.24) is 14.9 Å². The van der Waals surface area contributed by atoms with E-state index in [2.05, 4.69) is 44.5 Å². The topological polar surface area (TPSA) is 64.6 Å². The molecule has 7 nitrogen and oxygen atoms in total. The van der Waals surface area contributed by atoms with Crippen molar-refractivity contribution < 1.29 is 4.79 Å². The fraction of sp³-hybridized carbons (Fsp3) is 0.421. The second-order valence-electron chi connectivity index (χ2n) is 7.04. The van der Waals surface area contributed by atoms with Crippen LogP contribution in [-0.2, 0) is 6.42 Å². The molecule has 4 rings (SSSR count). The molecule has 0 spiro atoms. The smallest absolute Gasteiger partial charge is 0.324 e. The summed E-state index contributed by atoms with van der Waals surface area (Å²) < 4.78 is 0. The molecule has 1 unspecified atom stereocenters. The number of urea groups is 1. The molecule has 0 radical (unpaired) electrons. The quantitative estimate of drug-likeness (QED) is 0.898. The zero-order chi connectivity index (χ0) is 18.1. The predicted octanol–water partition coefficient (Wildman–Crippen LogP) is 2.21. The minimum absolute atomic E-state index is 0.126. The van der Waals surface area contributed by atoms with E-state index in [1.807, 2.05) is 30.0 Å². The van der Waals surface area contributed by atoms with Crippen LogP contribution in [0.2, 0.25) is 0 Å². The van der Waals surface area contributed by atoms with Crippen molar-refractivity contribution in [2.45, 2.75) is 18.9 Å². The lowest BCUT2D eigenvalue weighted by molar-refractivity contribution is 0.211. The van der Waals surface area contributed by atoms with E-state index in [1.54, 1.807) is 6.20 Å². The molecule has 7 heteroatoms. The van der Waals surface area contributed by atoms with E-state index in [9.17, 15) is 4.79 Å². The summed E-state index contributed by atoms with van der Waals surface area (Å²) in [4.78, 5) is 27.5. The third kappa shape index (κ3) is 3.16. The Morgan fingerprint density at radius 3 is 2.92 bits per heavy atom. The van der Waals surface area contributed by atoms with Crippen molar-refractivity contribution in [3.8, 4) is 0 Å². The number of amides is 2. The molecule has 1 aromatic heterocycles. The SMILES string of the molecule is CN(C)c1ccnc(NC(=O)N2CCCN3c4ccccc4CC3C2)n1. The first kappa shape index (κ1) is 16.6. The summed E-state index contributed by atoms with van der Waals surface area (Å²) in [6.45, 7) is 2.44. The van der Waals surface area contributed by atoms with Crippen LogP contribution in [0, 0.1) is 0 Å². The first-order valence-corrected chi connectivity index (χ1v) is 9.02. The summed E-state index contributed by atoms with van der Waals surface area (Å²) in [5.74, 6) is 1.11. The number of carbonyl (C=O) groups is 1. The second kappa shape index (κ2) is 6.82. The first-order valence-electron chi connectivity index (χ1n) is 9.02. The Hall–Kier alpha value is -2.83. The Balaban J connectivity index is 1.46. The van der Waals surface area contributed by atoms with Gasteiger partial charge in [0.2, 0.25) is 5.95 Å². The molecule has 0 bridgehead atoms. The fourth-order valence-corrected chi connectivity index (χ4v) is 3.79. The van der Waals surface area contributed by atoms with Gasteiger partial charge in [-0.25, -0.2) is 9.78 Å². The van der Waals surface area contributed by atoms with Gasteiger partial charge in [-0.15, -0.1) is 0 Å². The fourth-order valence-electron chi connectivity index (χ4n) is 3.79. The number of hydrogen-bond donors (Lipinski definition) is 1. The molecule has 2 aromatic rings. The van der Waals surface area contributed by atoms with Gasteiger partial charge in [-0.2, -0.15) is 4.98 Å². The molecule has 1 aromatic carbocycles.